The molecule has 0 spiro atoms. The molecule has 2 heterocycles. The Morgan fingerprint density at radius 3 is 2.61 bits per heavy atom. The van der Waals surface area contributed by atoms with Crippen LogP contribution in [0.25, 0.3) is 6.08 Å². The van der Waals surface area contributed by atoms with Crippen molar-refractivity contribution in [3.63, 3.8) is 0 Å². The number of halogens is 2. The molecule has 1 saturated heterocycles. The maximum Gasteiger partial charge on any atom is 0.293 e. The molecule has 2 aliphatic rings. The van der Waals surface area contributed by atoms with Crippen LogP contribution in [0.5, 0.6) is 23.0 Å². The number of hydrogen-bond donors (Lipinski definition) is 0. The average molecular weight is 544 g/mol. The van der Waals surface area contributed by atoms with E-state index in [-0.39, 0.29) is 24.8 Å². The third kappa shape index (κ3) is 4.97. The van der Waals surface area contributed by atoms with E-state index in [2.05, 4.69) is 0 Å². The highest BCUT2D eigenvalue weighted by molar-refractivity contribution is 8.18. The molecular formula is C26H19Cl2NO6S. The van der Waals surface area contributed by atoms with Crippen molar-refractivity contribution in [2.24, 2.45) is 0 Å². The van der Waals surface area contributed by atoms with E-state index in [1.165, 1.54) is 7.11 Å². The zero-order valence-corrected chi connectivity index (χ0v) is 21.3. The van der Waals surface area contributed by atoms with Gasteiger partial charge >= 0.3 is 0 Å². The van der Waals surface area contributed by atoms with Crippen LogP contribution in [0.1, 0.15) is 16.7 Å². The summed E-state index contributed by atoms with van der Waals surface area (Å²) in [7, 11) is 1.54. The van der Waals surface area contributed by atoms with Crippen molar-refractivity contribution < 1.29 is 28.5 Å². The summed E-state index contributed by atoms with van der Waals surface area (Å²) < 4.78 is 22.2. The van der Waals surface area contributed by atoms with Crippen LogP contribution in [0.2, 0.25) is 10.0 Å². The summed E-state index contributed by atoms with van der Waals surface area (Å²) in [4.78, 5) is 27.3. The number of ether oxygens (including phenoxy) is 4. The lowest BCUT2D eigenvalue weighted by molar-refractivity contribution is -0.123. The molecular weight excluding hydrogens is 525 g/mol. The molecule has 0 radical (unpaired) electrons. The molecule has 0 aromatic heterocycles. The zero-order valence-electron chi connectivity index (χ0n) is 19.0. The van der Waals surface area contributed by atoms with Gasteiger partial charge in [-0.2, -0.15) is 0 Å². The van der Waals surface area contributed by atoms with Gasteiger partial charge in [0.05, 0.1) is 18.6 Å². The van der Waals surface area contributed by atoms with Gasteiger partial charge in [0.25, 0.3) is 11.1 Å². The second-order valence-corrected chi connectivity index (χ2v) is 9.70. The van der Waals surface area contributed by atoms with Crippen molar-refractivity contribution in [2.45, 2.75) is 13.2 Å². The molecule has 3 aromatic rings. The minimum Gasteiger partial charge on any atom is -0.493 e. The fraction of sp³-hybridized carbons (Fsp3) is 0.154. The molecule has 1 fully saturated rings. The quantitative estimate of drug-likeness (QED) is 0.313. The fourth-order valence-corrected chi connectivity index (χ4v) is 5.03. The minimum absolute atomic E-state index is 0.00765. The van der Waals surface area contributed by atoms with Gasteiger partial charge in [0, 0.05) is 21.7 Å². The molecule has 0 bridgehead atoms. The summed E-state index contributed by atoms with van der Waals surface area (Å²) in [6.07, 6.45) is 1.63. The van der Waals surface area contributed by atoms with E-state index >= 15 is 0 Å². The number of fused-ring (bicyclic) bond motifs is 1. The predicted octanol–water partition coefficient (Wildman–Crippen LogP) is 6.55. The van der Waals surface area contributed by atoms with Gasteiger partial charge in [-0.1, -0.05) is 47.5 Å². The van der Waals surface area contributed by atoms with E-state index in [1.54, 1.807) is 42.5 Å². The van der Waals surface area contributed by atoms with Crippen molar-refractivity contribution in [1.29, 1.82) is 0 Å². The highest BCUT2D eigenvalue weighted by atomic mass is 35.5. The van der Waals surface area contributed by atoms with Crippen molar-refractivity contribution >= 4 is 52.2 Å². The first-order chi connectivity index (χ1) is 17.4. The fourth-order valence-electron chi connectivity index (χ4n) is 3.77. The van der Waals surface area contributed by atoms with Crippen LogP contribution in [0.15, 0.2) is 59.5 Å². The van der Waals surface area contributed by atoms with Crippen molar-refractivity contribution in [3.8, 4) is 23.0 Å². The minimum atomic E-state index is -0.428. The number of amides is 2. The van der Waals surface area contributed by atoms with Crippen LogP contribution >= 0.6 is 35.0 Å². The topological polar surface area (TPSA) is 74.3 Å². The number of rotatable bonds is 7. The largest absolute Gasteiger partial charge is 0.493 e. The molecule has 3 aromatic carbocycles. The molecule has 10 heteroatoms. The lowest BCUT2D eigenvalue weighted by Crippen LogP contribution is -2.27. The maximum absolute atomic E-state index is 13.2. The molecule has 0 atom stereocenters. The molecule has 5 rings (SSSR count). The van der Waals surface area contributed by atoms with Crippen LogP contribution in [-0.4, -0.2) is 29.9 Å². The smallest absolute Gasteiger partial charge is 0.293 e. The molecule has 7 nitrogen and oxygen atoms in total. The zero-order chi connectivity index (χ0) is 25.2. The number of para-hydroxylation sites is 1. The Balaban J connectivity index is 1.39. The van der Waals surface area contributed by atoms with Crippen LogP contribution < -0.4 is 18.9 Å². The monoisotopic (exact) mass is 543 g/mol. The van der Waals surface area contributed by atoms with Gasteiger partial charge in [0.15, 0.2) is 23.0 Å². The van der Waals surface area contributed by atoms with E-state index < -0.39 is 11.1 Å². The Morgan fingerprint density at radius 2 is 1.83 bits per heavy atom. The molecule has 36 heavy (non-hydrogen) atoms. The molecule has 0 saturated carbocycles. The Morgan fingerprint density at radius 1 is 1.06 bits per heavy atom. The van der Waals surface area contributed by atoms with Gasteiger partial charge in [-0.3, -0.25) is 14.5 Å². The van der Waals surface area contributed by atoms with E-state index in [1.807, 2.05) is 18.2 Å². The Bertz CT molecular complexity index is 1390. The van der Waals surface area contributed by atoms with Crippen LogP contribution in [-0.2, 0) is 17.9 Å². The van der Waals surface area contributed by atoms with Crippen molar-refractivity contribution in [2.75, 3.05) is 13.9 Å². The van der Waals surface area contributed by atoms with Gasteiger partial charge < -0.3 is 18.9 Å². The van der Waals surface area contributed by atoms with Gasteiger partial charge in [-0.25, -0.2) is 0 Å². The number of carbonyl (C=O) groups excluding carboxylic acids is 2. The number of thioether (sulfide) groups is 1. The van der Waals surface area contributed by atoms with Crippen molar-refractivity contribution in [3.05, 3.63) is 86.2 Å². The number of methoxy groups -OCH3 is 1. The predicted molar refractivity (Wildman–Crippen MR) is 138 cm³/mol. The molecule has 0 unspecified atom stereocenters. The summed E-state index contributed by atoms with van der Waals surface area (Å²) in [5, 5.41) is 0.587. The maximum atomic E-state index is 13.2. The summed E-state index contributed by atoms with van der Waals surface area (Å²) in [5.74, 6) is 1.57. The van der Waals surface area contributed by atoms with Gasteiger partial charge in [-0.05, 0) is 53.2 Å². The number of nitrogens with zero attached hydrogens (tertiary/aromatic N) is 1. The second kappa shape index (κ2) is 10.3. The first-order valence-electron chi connectivity index (χ1n) is 10.8. The SMILES string of the molecule is COc1cccc(/C=C2\SC(=O)N(Cc3cc4c(cc3Cl)OCO4)C2=O)c1OCc1cccc(Cl)c1. The van der Waals surface area contributed by atoms with Gasteiger partial charge in [0.1, 0.15) is 6.61 Å². The second-order valence-electron chi connectivity index (χ2n) is 7.86. The lowest BCUT2D eigenvalue weighted by Gasteiger charge is -2.15. The number of imide groups is 1. The average Bonchev–Trinajstić information content (AvgIpc) is 3.42. The molecule has 2 amide bonds. The van der Waals surface area contributed by atoms with Crippen LogP contribution in [0.3, 0.4) is 0 Å². The van der Waals surface area contributed by atoms with Crippen LogP contribution in [0.4, 0.5) is 4.79 Å². The molecule has 0 aliphatic carbocycles. The van der Waals surface area contributed by atoms with E-state index in [0.717, 1.165) is 22.2 Å². The highest BCUT2D eigenvalue weighted by Crippen LogP contribution is 2.41. The highest BCUT2D eigenvalue weighted by Gasteiger charge is 2.36. The number of benzene rings is 3. The van der Waals surface area contributed by atoms with Gasteiger partial charge in [-0.15, -0.1) is 0 Å². The first-order valence-corrected chi connectivity index (χ1v) is 12.4. The summed E-state index contributed by atoms with van der Waals surface area (Å²) in [6.45, 7) is 0.348. The van der Waals surface area contributed by atoms with Crippen molar-refractivity contribution in [1.82, 2.24) is 4.90 Å². The molecule has 184 valence electrons. The number of hydrogen-bond acceptors (Lipinski definition) is 7. The summed E-state index contributed by atoms with van der Waals surface area (Å²) in [5.41, 5.74) is 2.06. The summed E-state index contributed by atoms with van der Waals surface area (Å²) in [6, 6.07) is 16.0. The van der Waals surface area contributed by atoms with E-state index in [4.69, 9.17) is 42.1 Å². The Hall–Kier alpha value is -3.33. The molecule has 2 aliphatic heterocycles. The summed E-state index contributed by atoms with van der Waals surface area (Å²) >= 11 is 13.3. The first kappa shape index (κ1) is 24.4. The standard InChI is InChI=1S/C26H19Cl2NO6S/c1-32-20-7-3-5-16(24(20)33-13-15-4-2-6-18(27)8-15)10-23-25(30)29(26(31)36-23)12-17-9-21-22(11-19(17)28)35-14-34-21/h2-11H,12-14H2,1H3/b23-10-. The third-order valence-electron chi connectivity index (χ3n) is 5.53. The Labute approximate surface area is 221 Å². The molecule has 0 N–H and O–H groups in total. The van der Waals surface area contributed by atoms with E-state index in [0.29, 0.717) is 44.2 Å². The Kier molecular flexibility index (Phi) is 7.00. The number of carbonyl (C=O) groups is 2. The van der Waals surface area contributed by atoms with E-state index in [9.17, 15) is 9.59 Å². The normalized spacial score (nSPS) is 15.6. The van der Waals surface area contributed by atoms with Crippen LogP contribution in [0, 0.1) is 0 Å². The third-order valence-corrected chi connectivity index (χ3v) is 7.03. The van der Waals surface area contributed by atoms with Gasteiger partial charge in [0.2, 0.25) is 6.79 Å². The lowest BCUT2D eigenvalue weighted by atomic mass is 10.1.